The van der Waals surface area contributed by atoms with Crippen molar-refractivity contribution in [3.8, 4) is 0 Å². The third-order valence-electron chi connectivity index (χ3n) is 1.63. The van der Waals surface area contributed by atoms with Gasteiger partial charge in [-0.1, -0.05) is 0 Å². The minimum absolute atomic E-state index is 0.182. The first-order valence-electron chi connectivity index (χ1n) is 4.24. The lowest BCUT2D eigenvalue weighted by atomic mass is 10.3. The summed E-state index contributed by atoms with van der Waals surface area (Å²) in [5, 5.41) is 10.3. The maximum atomic E-state index is 11.1. The van der Waals surface area contributed by atoms with Crippen molar-refractivity contribution < 1.29 is 19.5 Å². The van der Waals surface area contributed by atoms with E-state index in [1.807, 2.05) is 0 Å². The molecular weight excluding hydrogens is 188 g/mol. The largest absolute Gasteiger partial charge is 0.481 e. The zero-order valence-electron chi connectivity index (χ0n) is 8.24. The lowest BCUT2D eigenvalue weighted by molar-refractivity contribution is -0.138. The highest BCUT2D eigenvalue weighted by molar-refractivity contribution is 5.95. The molecule has 0 spiro atoms. The second kappa shape index (κ2) is 5.95. The fraction of sp³-hybridized carbons (Fsp3) is 0.625. The Bertz CT molecular complexity index is 239. The Morgan fingerprint density at radius 2 is 1.86 bits per heavy atom. The number of urea groups is 1. The van der Waals surface area contributed by atoms with Crippen LogP contribution in [0.3, 0.4) is 0 Å². The number of hydrogen-bond acceptors (Lipinski definition) is 3. The standard InChI is InChI=1S/C8H14N2O4/c1-3-10(2)8(14)9-6(11)4-5-7(12)13/h3-5H2,1-2H3,(H,12,13)(H,9,11,14). The highest BCUT2D eigenvalue weighted by Crippen LogP contribution is 1.90. The van der Waals surface area contributed by atoms with E-state index >= 15 is 0 Å². The molecule has 14 heavy (non-hydrogen) atoms. The average Bonchev–Trinajstić information content (AvgIpc) is 2.13. The van der Waals surface area contributed by atoms with Gasteiger partial charge < -0.3 is 10.0 Å². The Kier molecular flexibility index (Phi) is 5.28. The first kappa shape index (κ1) is 12.4. The number of nitrogens with zero attached hydrogens (tertiary/aromatic N) is 1. The second-order valence-corrected chi connectivity index (χ2v) is 2.76. The molecule has 0 aromatic rings. The molecule has 0 bridgehead atoms. The van der Waals surface area contributed by atoms with Crippen molar-refractivity contribution in [2.24, 2.45) is 0 Å². The van der Waals surface area contributed by atoms with Crippen molar-refractivity contribution in [3.05, 3.63) is 0 Å². The van der Waals surface area contributed by atoms with E-state index in [0.717, 1.165) is 0 Å². The molecule has 0 aliphatic rings. The topological polar surface area (TPSA) is 86.7 Å². The van der Waals surface area contributed by atoms with Gasteiger partial charge in [-0.25, -0.2) is 4.79 Å². The van der Waals surface area contributed by atoms with Gasteiger partial charge in [0, 0.05) is 20.0 Å². The van der Waals surface area contributed by atoms with Crippen LogP contribution in [0.25, 0.3) is 0 Å². The van der Waals surface area contributed by atoms with Gasteiger partial charge in [0.25, 0.3) is 0 Å². The predicted octanol–water partition coefficient (Wildman–Crippen LogP) is 0.0391. The van der Waals surface area contributed by atoms with Gasteiger partial charge in [-0.05, 0) is 6.92 Å². The molecule has 3 amide bonds. The van der Waals surface area contributed by atoms with Gasteiger partial charge in [0.15, 0.2) is 0 Å². The fourth-order valence-electron chi connectivity index (χ4n) is 0.641. The number of imide groups is 1. The Morgan fingerprint density at radius 1 is 1.29 bits per heavy atom. The summed E-state index contributed by atoms with van der Waals surface area (Å²) in [4.78, 5) is 33.5. The fourth-order valence-corrected chi connectivity index (χ4v) is 0.641. The molecule has 6 heteroatoms. The van der Waals surface area contributed by atoms with Crippen LogP contribution >= 0.6 is 0 Å². The summed E-state index contributed by atoms with van der Waals surface area (Å²) in [5.74, 6) is -1.63. The zero-order valence-corrected chi connectivity index (χ0v) is 8.24. The number of amides is 3. The molecule has 0 fully saturated rings. The molecule has 0 atom stereocenters. The normalized spacial score (nSPS) is 9.29. The minimum Gasteiger partial charge on any atom is -0.481 e. The summed E-state index contributed by atoms with van der Waals surface area (Å²) in [6, 6.07) is -0.511. The van der Waals surface area contributed by atoms with Crippen LogP contribution in [0.5, 0.6) is 0 Å². The van der Waals surface area contributed by atoms with Gasteiger partial charge in [0.2, 0.25) is 5.91 Å². The van der Waals surface area contributed by atoms with Crippen LogP contribution in [0.4, 0.5) is 4.79 Å². The smallest absolute Gasteiger partial charge is 0.323 e. The third-order valence-corrected chi connectivity index (χ3v) is 1.63. The Labute approximate surface area is 81.9 Å². The van der Waals surface area contributed by atoms with E-state index in [9.17, 15) is 14.4 Å². The van der Waals surface area contributed by atoms with Crippen molar-refractivity contribution in [2.75, 3.05) is 13.6 Å². The van der Waals surface area contributed by atoms with Gasteiger partial charge in [0.05, 0.1) is 6.42 Å². The molecule has 0 aromatic heterocycles. The molecule has 0 heterocycles. The van der Waals surface area contributed by atoms with E-state index in [2.05, 4.69) is 5.32 Å². The van der Waals surface area contributed by atoms with Gasteiger partial charge in [-0.2, -0.15) is 0 Å². The van der Waals surface area contributed by atoms with Gasteiger partial charge >= 0.3 is 12.0 Å². The van der Waals surface area contributed by atoms with Crippen molar-refractivity contribution in [2.45, 2.75) is 19.8 Å². The number of carboxylic acids is 1. The van der Waals surface area contributed by atoms with Gasteiger partial charge in [-0.15, -0.1) is 0 Å². The van der Waals surface area contributed by atoms with Crippen LogP contribution in [0.15, 0.2) is 0 Å². The van der Waals surface area contributed by atoms with Crippen LogP contribution in [0, 0.1) is 0 Å². The summed E-state index contributed by atoms with van der Waals surface area (Å²) >= 11 is 0. The Morgan fingerprint density at radius 3 is 2.29 bits per heavy atom. The van der Waals surface area contributed by atoms with E-state index in [1.165, 1.54) is 4.90 Å². The summed E-state index contributed by atoms with van der Waals surface area (Å²) in [6.07, 6.45) is -0.451. The number of nitrogens with one attached hydrogen (secondary N) is 1. The number of carbonyl (C=O) groups excluding carboxylic acids is 2. The number of carbonyl (C=O) groups is 3. The maximum Gasteiger partial charge on any atom is 0.323 e. The average molecular weight is 202 g/mol. The molecular formula is C8H14N2O4. The SMILES string of the molecule is CCN(C)C(=O)NC(=O)CCC(=O)O. The van der Waals surface area contributed by atoms with E-state index < -0.39 is 17.9 Å². The van der Waals surface area contributed by atoms with E-state index in [4.69, 9.17) is 5.11 Å². The molecule has 0 saturated carbocycles. The number of rotatable bonds is 4. The van der Waals surface area contributed by atoms with Gasteiger partial charge in [0.1, 0.15) is 0 Å². The molecule has 0 radical (unpaired) electrons. The molecule has 0 saturated heterocycles. The zero-order chi connectivity index (χ0) is 11.1. The minimum atomic E-state index is -1.06. The second-order valence-electron chi connectivity index (χ2n) is 2.76. The quantitative estimate of drug-likeness (QED) is 0.673. The lowest BCUT2D eigenvalue weighted by Gasteiger charge is -2.14. The number of hydrogen-bond donors (Lipinski definition) is 2. The highest BCUT2D eigenvalue weighted by atomic mass is 16.4. The number of aliphatic carboxylic acids is 1. The van der Waals surface area contributed by atoms with Crippen molar-refractivity contribution in [3.63, 3.8) is 0 Å². The van der Waals surface area contributed by atoms with Crippen LogP contribution < -0.4 is 5.32 Å². The van der Waals surface area contributed by atoms with Crippen LogP contribution in [-0.4, -0.2) is 41.5 Å². The molecule has 0 rings (SSSR count). The molecule has 0 unspecified atom stereocenters. The molecule has 0 aliphatic heterocycles. The van der Waals surface area contributed by atoms with E-state index in [1.54, 1.807) is 14.0 Å². The Hall–Kier alpha value is -1.59. The first-order valence-corrected chi connectivity index (χ1v) is 4.24. The van der Waals surface area contributed by atoms with Crippen LogP contribution in [-0.2, 0) is 9.59 Å². The monoisotopic (exact) mass is 202 g/mol. The summed E-state index contributed by atoms with van der Waals surface area (Å²) < 4.78 is 0. The molecule has 0 aliphatic carbocycles. The van der Waals surface area contributed by atoms with Crippen LogP contribution in [0.1, 0.15) is 19.8 Å². The molecule has 0 aromatic carbocycles. The van der Waals surface area contributed by atoms with Crippen LogP contribution in [0.2, 0.25) is 0 Å². The van der Waals surface area contributed by atoms with Crippen molar-refractivity contribution >= 4 is 17.9 Å². The molecule has 2 N–H and O–H groups in total. The molecule has 6 nitrogen and oxygen atoms in total. The number of carboxylic acid groups (broad SMARTS) is 1. The predicted molar refractivity (Wildman–Crippen MR) is 48.7 cm³/mol. The first-order chi connectivity index (χ1) is 6.47. The maximum absolute atomic E-state index is 11.1. The van der Waals surface area contributed by atoms with E-state index in [-0.39, 0.29) is 12.8 Å². The summed E-state index contributed by atoms with van der Waals surface area (Å²) in [6.45, 7) is 2.25. The van der Waals surface area contributed by atoms with Gasteiger partial charge in [-0.3, -0.25) is 14.9 Å². The van der Waals surface area contributed by atoms with Crippen molar-refractivity contribution in [1.82, 2.24) is 10.2 Å². The summed E-state index contributed by atoms with van der Waals surface area (Å²) in [7, 11) is 1.54. The Balaban J connectivity index is 3.83. The highest BCUT2D eigenvalue weighted by Gasteiger charge is 2.11. The van der Waals surface area contributed by atoms with E-state index in [0.29, 0.717) is 6.54 Å². The third kappa shape index (κ3) is 5.13. The molecule has 80 valence electrons. The summed E-state index contributed by atoms with van der Waals surface area (Å²) in [5.41, 5.74) is 0. The lowest BCUT2D eigenvalue weighted by Crippen LogP contribution is -2.40. The van der Waals surface area contributed by atoms with Crippen molar-refractivity contribution in [1.29, 1.82) is 0 Å².